The fourth-order valence-corrected chi connectivity index (χ4v) is 5.09. The number of nitrogens with zero attached hydrogens (tertiary/aromatic N) is 1. The second-order valence-corrected chi connectivity index (χ2v) is 9.51. The Labute approximate surface area is 218 Å². The van der Waals surface area contributed by atoms with Gasteiger partial charge < -0.3 is 20.3 Å². The molecule has 0 bridgehead atoms. The third-order valence-electron chi connectivity index (χ3n) is 7.13. The lowest BCUT2D eigenvalue weighted by Crippen LogP contribution is -2.46. The van der Waals surface area contributed by atoms with Gasteiger partial charge in [0.25, 0.3) is 0 Å². The van der Waals surface area contributed by atoms with Gasteiger partial charge in [-0.05, 0) is 59.7 Å². The highest BCUT2D eigenvalue weighted by molar-refractivity contribution is 5.94. The molecule has 37 heavy (non-hydrogen) atoms. The number of likely N-dealkylation sites (tertiary alicyclic amines) is 1. The predicted molar refractivity (Wildman–Crippen MR) is 145 cm³/mol. The van der Waals surface area contributed by atoms with E-state index in [9.17, 15) is 14.4 Å². The summed E-state index contributed by atoms with van der Waals surface area (Å²) in [7, 11) is 0. The Morgan fingerprint density at radius 3 is 2.57 bits per heavy atom. The first-order chi connectivity index (χ1) is 18.0. The number of hydrogen-bond donors (Lipinski definition) is 2. The van der Waals surface area contributed by atoms with Gasteiger partial charge in [0.1, 0.15) is 0 Å². The highest BCUT2D eigenvalue weighted by atomic mass is 16.5. The first-order valence-corrected chi connectivity index (χ1v) is 13.0. The van der Waals surface area contributed by atoms with Gasteiger partial charge in [-0.3, -0.25) is 4.79 Å². The molecule has 194 valence electrons. The fraction of sp³-hybridized carbons (Fsp3) is 0.367. The Kier molecular flexibility index (Phi) is 8.77. The number of fused-ring (bicyclic) bond motifs is 1. The first-order valence-electron chi connectivity index (χ1n) is 13.0. The maximum Gasteiger partial charge on any atom is 0.338 e. The van der Waals surface area contributed by atoms with Crippen LogP contribution in [0.5, 0.6) is 0 Å². The van der Waals surface area contributed by atoms with E-state index in [1.807, 2.05) is 18.2 Å². The van der Waals surface area contributed by atoms with Crippen LogP contribution in [0.25, 0.3) is 10.8 Å². The van der Waals surface area contributed by atoms with Gasteiger partial charge in [0.05, 0.1) is 12.2 Å². The average molecular weight is 502 g/mol. The molecule has 1 aliphatic heterocycles. The van der Waals surface area contributed by atoms with Gasteiger partial charge in [0, 0.05) is 31.7 Å². The quantitative estimate of drug-likeness (QED) is 0.393. The van der Waals surface area contributed by atoms with Crippen molar-refractivity contribution < 1.29 is 19.1 Å². The summed E-state index contributed by atoms with van der Waals surface area (Å²) in [6.45, 7) is 5.84. The number of esters is 1. The Morgan fingerprint density at radius 1 is 0.973 bits per heavy atom. The highest BCUT2D eigenvalue weighted by Gasteiger charge is 2.31. The van der Waals surface area contributed by atoms with Crippen LogP contribution in [0, 0.1) is 11.8 Å². The van der Waals surface area contributed by atoms with Gasteiger partial charge in [-0.2, -0.15) is 0 Å². The molecule has 0 radical (unpaired) electrons. The van der Waals surface area contributed by atoms with Crippen molar-refractivity contribution in [2.45, 2.75) is 39.7 Å². The number of rotatable bonds is 8. The molecular formula is C30H35N3O4. The van der Waals surface area contributed by atoms with Crippen LogP contribution in [-0.2, 0) is 16.1 Å². The van der Waals surface area contributed by atoms with Crippen LogP contribution in [-0.4, -0.2) is 42.5 Å². The minimum absolute atomic E-state index is 0.0464. The summed E-state index contributed by atoms with van der Waals surface area (Å²) < 4.78 is 5.04. The Balaban J connectivity index is 1.30. The van der Waals surface area contributed by atoms with Gasteiger partial charge in [-0.15, -0.1) is 0 Å². The number of piperidine rings is 1. The molecule has 2 atom stereocenters. The van der Waals surface area contributed by atoms with Crippen molar-refractivity contribution in [2.75, 3.05) is 25.0 Å². The molecule has 1 fully saturated rings. The van der Waals surface area contributed by atoms with Gasteiger partial charge in [-0.1, -0.05) is 61.9 Å². The third kappa shape index (κ3) is 6.67. The molecule has 3 aromatic rings. The van der Waals surface area contributed by atoms with Crippen molar-refractivity contribution in [1.82, 2.24) is 10.2 Å². The van der Waals surface area contributed by atoms with Gasteiger partial charge in [-0.25, -0.2) is 9.59 Å². The molecule has 1 aliphatic rings. The number of anilines is 1. The first kappa shape index (κ1) is 26.2. The van der Waals surface area contributed by atoms with E-state index < -0.39 is 5.97 Å². The lowest BCUT2D eigenvalue weighted by atomic mass is 9.81. The standard InChI is InChI=1S/C30H35N3O4/c1-3-21-20-33(30(36)32-26-13-8-11-24(17-26)29(35)37-4-2)16-15-23(21)18-28(34)31-19-25-12-7-10-22-9-5-6-14-27(22)25/h5-14,17,21,23H,3-4,15-16,18-20H2,1-2H3,(H,31,34)(H,32,36)/t21-,23-/m0/s1. The Morgan fingerprint density at radius 2 is 1.76 bits per heavy atom. The number of ether oxygens (including phenoxy) is 1. The molecule has 0 unspecified atom stereocenters. The lowest BCUT2D eigenvalue weighted by Gasteiger charge is -2.38. The second-order valence-electron chi connectivity index (χ2n) is 9.51. The van der Waals surface area contributed by atoms with Gasteiger partial charge in [0.15, 0.2) is 0 Å². The molecule has 0 saturated carbocycles. The van der Waals surface area contributed by atoms with Crippen molar-refractivity contribution in [3.8, 4) is 0 Å². The number of carbonyl (C=O) groups is 3. The predicted octanol–water partition coefficient (Wildman–Crippen LogP) is 5.60. The molecule has 0 spiro atoms. The lowest BCUT2D eigenvalue weighted by molar-refractivity contribution is -0.123. The molecule has 0 aromatic heterocycles. The summed E-state index contributed by atoms with van der Waals surface area (Å²) in [5.41, 5.74) is 2.06. The molecule has 2 N–H and O–H groups in total. The van der Waals surface area contributed by atoms with E-state index in [4.69, 9.17) is 4.74 Å². The van der Waals surface area contributed by atoms with E-state index in [1.54, 1.807) is 36.1 Å². The maximum absolute atomic E-state index is 13.0. The molecule has 1 saturated heterocycles. The zero-order valence-electron chi connectivity index (χ0n) is 21.5. The number of carbonyl (C=O) groups excluding carboxylic acids is 3. The Bertz CT molecular complexity index is 1250. The average Bonchev–Trinajstić information content (AvgIpc) is 2.92. The van der Waals surface area contributed by atoms with Crippen LogP contribution in [0.4, 0.5) is 10.5 Å². The second kappa shape index (κ2) is 12.4. The van der Waals surface area contributed by atoms with Crippen molar-refractivity contribution >= 4 is 34.4 Å². The zero-order chi connectivity index (χ0) is 26.2. The number of amides is 3. The van der Waals surface area contributed by atoms with Gasteiger partial charge >= 0.3 is 12.0 Å². The molecular weight excluding hydrogens is 466 g/mol. The molecule has 1 heterocycles. The minimum Gasteiger partial charge on any atom is -0.462 e. The highest BCUT2D eigenvalue weighted by Crippen LogP contribution is 2.29. The van der Waals surface area contributed by atoms with Gasteiger partial charge in [0.2, 0.25) is 5.91 Å². The summed E-state index contributed by atoms with van der Waals surface area (Å²) in [5.74, 6) is 0.108. The van der Waals surface area contributed by atoms with Crippen LogP contribution in [0.1, 0.15) is 49.0 Å². The van der Waals surface area contributed by atoms with E-state index in [2.05, 4.69) is 41.8 Å². The van der Waals surface area contributed by atoms with Crippen LogP contribution < -0.4 is 10.6 Å². The van der Waals surface area contributed by atoms with Crippen molar-refractivity contribution in [3.05, 3.63) is 77.9 Å². The summed E-state index contributed by atoms with van der Waals surface area (Å²) in [6.07, 6.45) is 2.13. The molecule has 3 amide bonds. The summed E-state index contributed by atoms with van der Waals surface area (Å²) in [4.78, 5) is 39.6. The molecule has 7 nitrogen and oxygen atoms in total. The minimum atomic E-state index is -0.413. The van der Waals surface area contributed by atoms with E-state index in [-0.39, 0.29) is 23.8 Å². The summed E-state index contributed by atoms with van der Waals surface area (Å²) in [6, 6.07) is 20.9. The zero-order valence-corrected chi connectivity index (χ0v) is 21.5. The molecule has 7 heteroatoms. The summed E-state index contributed by atoms with van der Waals surface area (Å²) >= 11 is 0. The van der Waals surface area contributed by atoms with Crippen LogP contribution in [0.3, 0.4) is 0 Å². The largest absolute Gasteiger partial charge is 0.462 e. The number of hydrogen-bond acceptors (Lipinski definition) is 4. The molecule has 3 aromatic carbocycles. The van der Waals surface area contributed by atoms with Crippen molar-refractivity contribution in [1.29, 1.82) is 0 Å². The maximum atomic E-state index is 13.0. The smallest absolute Gasteiger partial charge is 0.338 e. The number of nitrogens with one attached hydrogen (secondary N) is 2. The number of benzene rings is 3. The molecule has 0 aliphatic carbocycles. The fourth-order valence-electron chi connectivity index (χ4n) is 5.09. The van der Waals surface area contributed by atoms with E-state index in [0.29, 0.717) is 43.9 Å². The normalized spacial score (nSPS) is 17.3. The molecule has 4 rings (SSSR count). The Hall–Kier alpha value is -3.87. The van der Waals surface area contributed by atoms with Crippen LogP contribution >= 0.6 is 0 Å². The van der Waals surface area contributed by atoms with Crippen LogP contribution in [0.2, 0.25) is 0 Å². The topological polar surface area (TPSA) is 87.7 Å². The monoisotopic (exact) mass is 501 g/mol. The van der Waals surface area contributed by atoms with Crippen molar-refractivity contribution in [3.63, 3.8) is 0 Å². The summed E-state index contributed by atoms with van der Waals surface area (Å²) in [5, 5.41) is 8.33. The number of urea groups is 1. The van der Waals surface area contributed by atoms with Crippen molar-refractivity contribution in [2.24, 2.45) is 11.8 Å². The van der Waals surface area contributed by atoms with E-state index >= 15 is 0 Å². The SMILES string of the molecule is CCOC(=O)c1cccc(NC(=O)N2CC[C@@H](CC(=O)NCc3cccc4ccccc34)[C@@H](CC)C2)c1. The van der Waals surface area contributed by atoms with E-state index in [1.165, 1.54) is 5.39 Å². The van der Waals surface area contributed by atoms with Crippen LogP contribution in [0.15, 0.2) is 66.7 Å². The third-order valence-corrected chi connectivity index (χ3v) is 7.13. The van der Waals surface area contributed by atoms with E-state index in [0.717, 1.165) is 23.8 Å².